The fraction of sp³-hybridized carbons (Fsp3) is 0.905. The lowest BCUT2D eigenvalue weighted by molar-refractivity contribution is -0.136. The molecule has 5 nitrogen and oxygen atoms in total. The first-order chi connectivity index (χ1) is 12.7. The van der Waals surface area contributed by atoms with Crippen molar-refractivity contribution in [2.75, 3.05) is 19.6 Å². The number of carbonyl (C=O) groups excluding carboxylic acids is 1. The van der Waals surface area contributed by atoms with Gasteiger partial charge in [0.25, 0.3) is 0 Å². The maximum absolute atomic E-state index is 11.5. The number of carboxylic acid groups (broad SMARTS) is 1. The van der Waals surface area contributed by atoms with Crippen molar-refractivity contribution in [3.63, 3.8) is 0 Å². The molecule has 0 heterocycles. The summed E-state index contributed by atoms with van der Waals surface area (Å²) in [6.45, 7) is 3.85. The third-order valence-corrected chi connectivity index (χ3v) is 4.64. The molecule has 0 aromatic rings. The molecule has 0 fully saturated rings. The van der Waals surface area contributed by atoms with Gasteiger partial charge in [0.05, 0.1) is 6.54 Å². The van der Waals surface area contributed by atoms with Crippen LogP contribution in [0, 0.1) is 0 Å². The maximum Gasteiger partial charge on any atom is 0.317 e. The molecule has 0 bridgehead atoms. The van der Waals surface area contributed by atoms with Crippen molar-refractivity contribution in [1.29, 1.82) is 0 Å². The Labute approximate surface area is 160 Å². The van der Waals surface area contributed by atoms with Gasteiger partial charge in [-0.3, -0.25) is 9.59 Å². The van der Waals surface area contributed by atoms with Gasteiger partial charge in [-0.1, -0.05) is 77.6 Å². The third kappa shape index (κ3) is 20.9. The molecular weight excluding hydrogens is 328 g/mol. The molecule has 0 atom stereocenters. The van der Waals surface area contributed by atoms with Crippen molar-refractivity contribution in [3.8, 4) is 0 Å². The van der Waals surface area contributed by atoms with Crippen molar-refractivity contribution < 1.29 is 14.7 Å². The Bertz CT molecular complexity index is 335. The fourth-order valence-corrected chi connectivity index (χ4v) is 2.99. The van der Waals surface area contributed by atoms with E-state index in [0.717, 1.165) is 38.8 Å². The average molecular weight is 371 g/mol. The zero-order valence-corrected chi connectivity index (χ0v) is 17.0. The predicted molar refractivity (Wildman–Crippen MR) is 108 cm³/mol. The number of hydrogen-bond acceptors (Lipinski definition) is 3. The van der Waals surface area contributed by atoms with E-state index >= 15 is 0 Å². The summed E-state index contributed by atoms with van der Waals surface area (Å²) in [6, 6.07) is 0. The predicted octanol–water partition coefficient (Wildman–Crippen LogP) is 4.65. The van der Waals surface area contributed by atoms with Gasteiger partial charge in [-0.05, 0) is 25.8 Å². The van der Waals surface area contributed by atoms with Crippen LogP contribution in [0.4, 0.5) is 0 Å². The minimum absolute atomic E-state index is 0.0756. The summed E-state index contributed by atoms with van der Waals surface area (Å²) in [5.74, 6) is -0.561. The fourth-order valence-electron chi connectivity index (χ4n) is 2.99. The topological polar surface area (TPSA) is 78.4 Å². The van der Waals surface area contributed by atoms with Gasteiger partial charge in [-0.25, -0.2) is 0 Å². The number of carboxylic acids is 1. The zero-order chi connectivity index (χ0) is 19.3. The summed E-state index contributed by atoms with van der Waals surface area (Å²) in [4.78, 5) is 21.9. The number of unbranched alkanes of at least 4 members (excludes halogenated alkanes) is 12. The molecule has 0 radical (unpaired) electrons. The van der Waals surface area contributed by atoms with Gasteiger partial charge < -0.3 is 15.7 Å². The van der Waals surface area contributed by atoms with Gasteiger partial charge in [0.2, 0.25) is 5.91 Å². The summed E-state index contributed by atoms with van der Waals surface area (Å²) in [7, 11) is 0. The van der Waals surface area contributed by atoms with E-state index < -0.39 is 5.97 Å². The number of rotatable bonds is 20. The van der Waals surface area contributed by atoms with Crippen molar-refractivity contribution in [2.24, 2.45) is 0 Å². The average Bonchev–Trinajstić information content (AvgIpc) is 2.61. The second-order valence-electron chi connectivity index (χ2n) is 7.27. The molecule has 0 aromatic heterocycles. The highest BCUT2D eigenvalue weighted by molar-refractivity contribution is 5.75. The Morgan fingerprint density at radius 2 is 1.19 bits per heavy atom. The molecule has 154 valence electrons. The van der Waals surface area contributed by atoms with E-state index in [1.54, 1.807) is 0 Å². The third-order valence-electron chi connectivity index (χ3n) is 4.64. The lowest BCUT2D eigenvalue weighted by Crippen LogP contribution is -2.23. The van der Waals surface area contributed by atoms with Crippen LogP contribution < -0.4 is 10.6 Å². The first kappa shape index (κ1) is 24.9. The van der Waals surface area contributed by atoms with E-state index in [1.807, 2.05) is 0 Å². The van der Waals surface area contributed by atoms with E-state index in [0.29, 0.717) is 6.42 Å². The lowest BCUT2D eigenvalue weighted by Gasteiger charge is -2.05. The molecule has 0 aliphatic heterocycles. The highest BCUT2D eigenvalue weighted by Crippen LogP contribution is 2.12. The van der Waals surface area contributed by atoms with E-state index in [4.69, 9.17) is 5.11 Å². The molecule has 0 aromatic carbocycles. The lowest BCUT2D eigenvalue weighted by atomic mass is 10.0. The van der Waals surface area contributed by atoms with Crippen LogP contribution in [0.5, 0.6) is 0 Å². The van der Waals surface area contributed by atoms with Crippen molar-refractivity contribution >= 4 is 11.9 Å². The van der Waals surface area contributed by atoms with E-state index in [1.165, 1.54) is 64.2 Å². The van der Waals surface area contributed by atoms with Crippen LogP contribution in [0.1, 0.15) is 103 Å². The van der Waals surface area contributed by atoms with E-state index in [2.05, 4.69) is 17.6 Å². The minimum atomic E-state index is -0.780. The zero-order valence-electron chi connectivity index (χ0n) is 17.0. The first-order valence-corrected chi connectivity index (χ1v) is 10.9. The van der Waals surface area contributed by atoms with Gasteiger partial charge >= 0.3 is 5.97 Å². The Morgan fingerprint density at radius 3 is 1.69 bits per heavy atom. The van der Waals surface area contributed by atoms with E-state index in [9.17, 15) is 9.59 Å². The molecule has 26 heavy (non-hydrogen) atoms. The Morgan fingerprint density at radius 1 is 0.692 bits per heavy atom. The standard InChI is InChI=1S/C21H42N2O3/c1-2-3-18-23-20(24)16-14-12-10-8-6-4-5-7-9-11-13-15-17-22-19-21(25)26/h22H,2-19H2,1H3,(H,23,24)(H,25,26). The maximum atomic E-state index is 11.5. The molecule has 0 rings (SSSR count). The molecule has 0 spiro atoms. The molecule has 3 N–H and O–H groups in total. The van der Waals surface area contributed by atoms with Crippen LogP contribution >= 0.6 is 0 Å². The highest BCUT2D eigenvalue weighted by atomic mass is 16.4. The monoisotopic (exact) mass is 370 g/mol. The second kappa shape index (κ2) is 20.2. The summed E-state index contributed by atoms with van der Waals surface area (Å²) in [6.07, 6.45) is 17.8. The van der Waals surface area contributed by atoms with Crippen LogP contribution in [0.25, 0.3) is 0 Å². The Hall–Kier alpha value is -1.10. The van der Waals surface area contributed by atoms with Gasteiger partial charge in [0.15, 0.2) is 0 Å². The molecular formula is C21H42N2O3. The van der Waals surface area contributed by atoms with E-state index in [-0.39, 0.29) is 12.5 Å². The summed E-state index contributed by atoms with van der Waals surface area (Å²) < 4.78 is 0. The number of carbonyl (C=O) groups is 2. The van der Waals surface area contributed by atoms with Gasteiger partial charge in [0, 0.05) is 13.0 Å². The SMILES string of the molecule is CCCCNC(=O)CCCCCCCCCCCCCCNCC(=O)O. The molecule has 0 saturated heterocycles. The van der Waals surface area contributed by atoms with Crippen LogP contribution in [0.3, 0.4) is 0 Å². The minimum Gasteiger partial charge on any atom is -0.480 e. The molecule has 5 heteroatoms. The summed E-state index contributed by atoms with van der Waals surface area (Å²) in [5.41, 5.74) is 0. The first-order valence-electron chi connectivity index (χ1n) is 10.9. The molecule has 0 unspecified atom stereocenters. The highest BCUT2D eigenvalue weighted by Gasteiger charge is 2.00. The quantitative estimate of drug-likeness (QED) is 0.273. The van der Waals surface area contributed by atoms with Gasteiger partial charge in [-0.2, -0.15) is 0 Å². The number of hydrogen-bond donors (Lipinski definition) is 3. The number of nitrogens with one attached hydrogen (secondary N) is 2. The Balaban J connectivity index is 3.09. The Kier molecular flexibility index (Phi) is 19.4. The van der Waals surface area contributed by atoms with Crippen LogP contribution in [0.2, 0.25) is 0 Å². The number of amides is 1. The number of aliphatic carboxylic acids is 1. The summed E-state index contributed by atoms with van der Waals surface area (Å²) >= 11 is 0. The van der Waals surface area contributed by atoms with Crippen LogP contribution in [-0.4, -0.2) is 36.6 Å². The second-order valence-corrected chi connectivity index (χ2v) is 7.27. The largest absolute Gasteiger partial charge is 0.480 e. The van der Waals surface area contributed by atoms with Crippen molar-refractivity contribution in [2.45, 2.75) is 103 Å². The van der Waals surface area contributed by atoms with Gasteiger partial charge in [0.1, 0.15) is 0 Å². The molecule has 1 amide bonds. The van der Waals surface area contributed by atoms with Crippen LogP contribution in [-0.2, 0) is 9.59 Å². The van der Waals surface area contributed by atoms with Crippen LogP contribution in [0.15, 0.2) is 0 Å². The molecule has 0 saturated carbocycles. The molecule has 0 aliphatic carbocycles. The van der Waals surface area contributed by atoms with Gasteiger partial charge in [-0.15, -0.1) is 0 Å². The normalized spacial score (nSPS) is 10.8. The molecule has 0 aliphatic rings. The van der Waals surface area contributed by atoms with Crippen molar-refractivity contribution in [1.82, 2.24) is 10.6 Å². The summed E-state index contributed by atoms with van der Waals surface area (Å²) in [5, 5.41) is 14.4. The van der Waals surface area contributed by atoms with Crippen molar-refractivity contribution in [3.05, 3.63) is 0 Å². The smallest absolute Gasteiger partial charge is 0.317 e.